The number of hydrogen-bond donors (Lipinski definition) is 1. The minimum Gasteiger partial charge on any atom is -0.497 e. The Bertz CT molecular complexity index is 488. The topological polar surface area (TPSA) is 24.5 Å². The SMILES string of the molecule is CCC1CCCN1C1CCc2ccc(OC)cc2C1NC. The van der Waals surface area contributed by atoms with Gasteiger partial charge >= 0.3 is 0 Å². The molecule has 3 heteroatoms. The van der Waals surface area contributed by atoms with Crippen molar-refractivity contribution in [2.24, 2.45) is 0 Å². The van der Waals surface area contributed by atoms with Gasteiger partial charge in [-0.2, -0.15) is 0 Å². The fourth-order valence-corrected chi connectivity index (χ4v) is 4.33. The molecule has 3 rings (SSSR count). The van der Waals surface area contributed by atoms with E-state index in [1.807, 2.05) is 0 Å². The molecule has 3 nitrogen and oxygen atoms in total. The van der Waals surface area contributed by atoms with E-state index in [1.165, 1.54) is 49.8 Å². The van der Waals surface area contributed by atoms with Crippen molar-refractivity contribution >= 4 is 0 Å². The van der Waals surface area contributed by atoms with E-state index in [1.54, 1.807) is 7.11 Å². The van der Waals surface area contributed by atoms with Gasteiger partial charge in [0.2, 0.25) is 0 Å². The summed E-state index contributed by atoms with van der Waals surface area (Å²) in [5, 5.41) is 3.59. The zero-order valence-electron chi connectivity index (χ0n) is 13.6. The Morgan fingerprint density at radius 3 is 2.90 bits per heavy atom. The number of hydrogen-bond acceptors (Lipinski definition) is 3. The highest BCUT2D eigenvalue weighted by Gasteiger charge is 2.37. The van der Waals surface area contributed by atoms with Gasteiger partial charge in [0.15, 0.2) is 0 Å². The lowest BCUT2D eigenvalue weighted by Crippen LogP contribution is -2.48. The molecule has 0 bridgehead atoms. The number of nitrogens with one attached hydrogen (secondary N) is 1. The first-order valence-electron chi connectivity index (χ1n) is 8.38. The van der Waals surface area contributed by atoms with Crippen LogP contribution in [0.5, 0.6) is 5.75 Å². The van der Waals surface area contributed by atoms with Crippen LogP contribution in [0.4, 0.5) is 0 Å². The fourth-order valence-electron chi connectivity index (χ4n) is 4.33. The van der Waals surface area contributed by atoms with E-state index < -0.39 is 0 Å². The second-order valence-electron chi connectivity index (χ2n) is 6.38. The molecule has 0 amide bonds. The Hall–Kier alpha value is -1.06. The van der Waals surface area contributed by atoms with Crippen molar-refractivity contribution in [2.45, 2.75) is 57.2 Å². The largest absolute Gasteiger partial charge is 0.497 e. The van der Waals surface area contributed by atoms with Gasteiger partial charge in [0, 0.05) is 18.1 Å². The first-order chi connectivity index (χ1) is 10.3. The van der Waals surface area contributed by atoms with Crippen LogP contribution in [0.1, 0.15) is 49.8 Å². The Morgan fingerprint density at radius 2 is 2.19 bits per heavy atom. The first kappa shape index (κ1) is 14.9. The summed E-state index contributed by atoms with van der Waals surface area (Å²) in [6, 6.07) is 8.41. The molecule has 3 atom stereocenters. The monoisotopic (exact) mass is 288 g/mol. The maximum absolute atomic E-state index is 5.43. The minimum absolute atomic E-state index is 0.427. The quantitative estimate of drug-likeness (QED) is 0.921. The smallest absolute Gasteiger partial charge is 0.119 e. The van der Waals surface area contributed by atoms with Crippen LogP contribution < -0.4 is 10.1 Å². The van der Waals surface area contributed by atoms with Crippen molar-refractivity contribution < 1.29 is 4.74 Å². The van der Waals surface area contributed by atoms with Crippen LogP contribution in [-0.2, 0) is 6.42 Å². The summed E-state index contributed by atoms with van der Waals surface area (Å²) in [6.07, 6.45) is 6.46. The normalized spacial score (nSPS) is 29.4. The molecule has 0 spiro atoms. The highest BCUT2D eigenvalue weighted by molar-refractivity contribution is 5.40. The van der Waals surface area contributed by atoms with Crippen LogP contribution in [0, 0.1) is 0 Å². The molecular formula is C18H28N2O. The molecule has 3 unspecified atom stereocenters. The van der Waals surface area contributed by atoms with Gasteiger partial charge in [-0.3, -0.25) is 4.90 Å². The van der Waals surface area contributed by atoms with E-state index in [0.29, 0.717) is 12.1 Å². The summed E-state index contributed by atoms with van der Waals surface area (Å²) in [7, 11) is 3.85. The third-order valence-corrected chi connectivity index (χ3v) is 5.41. The van der Waals surface area contributed by atoms with Crippen LogP contribution in [-0.4, -0.2) is 37.7 Å². The standard InChI is InChI=1S/C18H28N2O/c1-4-14-6-5-11-20(14)17-10-8-13-7-9-15(21-3)12-16(13)18(17)19-2/h7,9,12,14,17-19H,4-6,8,10-11H2,1-3H3. The Labute approximate surface area is 128 Å². The van der Waals surface area contributed by atoms with E-state index in [2.05, 4.69) is 42.4 Å². The van der Waals surface area contributed by atoms with Crippen molar-refractivity contribution in [2.75, 3.05) is 20.7 Å². The van der Waals surface area contributed by atoms with Gasteiger partial charge < -0.3 is 10.1 Å². The molecule has 1 aromatic carbocycles. The summed E-state index contributed by atoms with van der Waals surface area (Å²) in [5.41, 5.74) is 2.92. The summed E-state index contributed by atoms with van der Waals surface area (Å²) in [5.74, 6) is 0.975. The lowest BCUT2D eigenvalue weighted by Gasteiger charge is -2.41. The number of aryl methyl sites for hydroxylation is 1. The van der Waals surface area contributed by atoms with Gasteiger partial charge in [0.25, 0.3) is 0 Å². The molecule has 1 saturated heterocycles. The van der Waals surface area contributed by atoms with Crippen LogP contribution in [0.3, 0.4) is 0 Å². The van der Waals surface area contributed by atoms with E-state index in [-0.39, 0.29) is 0 Å². The van der Waals surface area contributed by atoms with E-state index in [9.17, 15) is 0 Å². The highest BCUT2D eigenvalue weighted by Crippen LogP contribution is 2.38. The molecule has 1 aliphatic heterocycles. The van der Waals surface area contributed by atoms with E-state index in [4.69, 9.17) is 4.74 Å². The molecule has 2 aliphatic rings. The summed E-state index contributed by atoms with van der Waals surface area (Å²) in [4.78, 5) is 2.77. The molecule has 0 saturated carbocycles. The number of fused-ring (bicyclic) bond motifs is 1. The van der Waals surface area contributed by atoms with E-state index in [0.717, 1.165) is 11.8 Å². The number of methoxy groups -OCH3 is 1. The first-order valence-corrected chi connectivity index (χ1v) is 8.38. The van der Waals surface area contributed by atoms with Crippen molar-refractivity contribution in [3.05, 3.63) is 29.3 Å². The van der Waals surface area contributed by atoms with E-state index >= 15 is 0 Å². The third-order valence-electron chi connectivity index (χ3n) is 5.41. The number of ether oxygens (including phenoxy) is 1. The lowest BCUT2D eigenvalue weighted by molar-refractivity contribution is 0.127. The van der Waals surface area contributed by atoms with Crippen molar-refractivity contribution in [3.63, 3.8) is 0 Å². The maximum Gasteiger partial charge on any atom is 0.119 e. The van der Waals surface area contributed by atoms with Gasteiger partial charge in [0.05, 0.1) is 7.11 Å². The third kappa shape index (κ3) is 2.69. The molecule has 0 radical (unpaired) electrons. The number of likely N-dealkylation sites (N-methyl/N-ethyl adjacent to an activating group) is 1. The predicted molar refractivity (Wildman–Crippen MR) is 86.9 cm³/mol. The molecule has 116 valence electrons. The van der Waals surface area contributed by atoms with Gasteiger partial charge in [-0.1, -0.05) is 13.0 Å². The van der Waals surface area contributed by atoms with Gasteiger partial charge in [0.1, 0.15) is 5.75 Å². The second kappa shape index (κ2) is 6.37. The Morgan fingerprint density at radius 1 is 1.33 bits per heavy atom. The average Bonchev–Trinajstić information content (AvgIpc) is 3.01. The van der Waals surface area contributed by atoms with Gasteiger partial charge in [-0.05, 0) is 69.0 Å². The summed E-state index contributed by atoms with van der Waals surface area (Å²) >= 11 is 0. The molecule has 1 aromatic rings. The fraction of sp³-hybridized carbons (Fsp3) is 0.667. The van der Waals surface area contributed by atoms with Crippen molar-refractivity contribution in [3.8, 4) is 5.75 Å². The molecule has 21 heavy (non-hydrogen) atoms. The summed E-state index contributed by atoms with van der Waals surface area (Å²) in [6.45, 7) is 3.60. The van der Waals surface area contributed by atoms with Crippen LogP contribution >= 0.6 is 0 Å². The van der Waals surface area contributed by atoms with Crippen LogP contribution in [0.15, 0.2) is 18.2 Å². The number of nitrogens with zero attached hydrogens (tertiary/aromatic N) is 1. The van der Waals surface area contributed by atoms with Crippen molar-refractivity contribution in [1.29, 1.82) is 0 Å². The van der Waals surface area contributed by atoms with Gasteiger partial charge in [-0.25, -0.2) is 0 Å². The molecule has 0 aromatic heterocycles. The zero-order valence-corrected chi connectivity index (χ0v) is 13.6. The van der Waals surface area contributed by atoms with Gasteiger partial charge in [-0.15, -0.1) is 0 Å². The Kier molecular flexibility index (Phi) is 4.51. The number of likely N-dealkylation sites (tertiary alicyclic amines) is 1. The minimum atomic E-state index is 0.427. The summed E-state index contributed by atoms with van der Waals surface area (Å²) < 4.78 is 5.43. The molecule has 1 heterocycles. The lowest BCUT2D eigenvalue weighted by atomic mass is 9.82. The second-order valence-corrected chi connectivity index (χ2v) is 6.38. The highest BCUT2D eigenvalue weighted by atomic mass is 16.5. The van der Waals surface area contributed by atoms with Crippen LogP contribution in [0.2, 0.25) is 0 Å². The zero-order chi connectivity index (χ0) is 14.8. The molecule has 1 N–H and O–H groups in total. The maximum atomic E-state index is 5.43. The molecule has 1 aliphatic carbocycles. The number of benzene rings is 1. The van der Waals surface area contributed by atoms with Crippen LogP contribution in [0.25, 0.3) is 0 Å². The predicted octanol–water partition coefficient (Wildman–Crippen LogP) is 3.14. The number of rotatable bonds is 4. The molecular weight excluding hydrogens is 260 g/mol. The van der Waals surface area contributed by atoms with Crippen molar-refractivity contribution in [1.82, 2.24) is 10.2 Å². The molecule has 1 fully saturated rings. The Balaban J connectivity index is 1.90. The average molecular weight is 288 g/mol.